The van der Waals surface area contributed by atoms with E-state index in [9.17, 15) is 9.50 Å². The molecule has 0 saturated carbocycles. The molecular weight excluding hydrogens is 248 g/mol. The van der Waals surface area contributed by atoms with Crippen LogP contribution in [0, 0.1) is 5.95 Å². The van der Waals surface area contributed by atoms with Crippen molar-refractivity contribution in [2.45, 2.75) is 6.10 Å². The summed E-state index contributed by atoms with van der Waals surface area (Å²) in [5.41, 5.74) is 0.0380. The van der Waals surface area contributed by atoms with Crippen LogP contribution in [0.5, 0.6) is 0 Å². The average molecular weight is 254 g/mol. The van der Waals surface area contributed by atoms with Gasteiger partial charge in [0.2, 0.25) is 5.95 Å². The highest BCUT2D eigenvalue weighted by Crippen LogP contribution is 2.25. The Kier molecular flexibility index (Phi) is 3.43. The molecule has 0 fully saturated rings. The standard InChI is InChI=1S/C7H6BrClFNO/c8-3-5(12)6-4(9)1-2-11-7(6)10/h1-2,5,12H,3H2. The number of aromatic nitrogens is 1. The van der Waals surface area contributed by atoms with Crippen LogP contribution in [0.3, 0.4) is 0 Å². The first-order valence-corrected chi connectivity index (χ1v) is 4.70. The summed E-state index contributed by atoms with van der Waals surface area (Å²) in [6.07, 6.45) is 0.300. The van der Waals surface area contributed by atoms with E-state index in [0.29, 0.717) is 0 Å². The SMILES string of the molecule is OC(CBr)c1c(Cl)ccnc1F. The van der Waals surface area contributed by atoms with E-state index in [1.165, 1.54) is 12.3 Å². The van der Waals surface area contributed by atoms with Gasteiger partial charge in [-0.05, 0) is 6.07 Å². The third kappa shape index (κ3) is 1.94. The van der Waals surface area contributed by atoms with Crippen LogP contribution in [0.4, 0.5) is 4.39 Å². The van der Waals surface area contributed by atoms with Gasteiger partial charge in [0.1, 0.15) is 0 Å². The lowest BCUT2D eigenvalue weighted by molar-refractivity contribution is 0.199. The number of pyridine rings is 1. The first-order valence-electron chi connectivity index (χ1n) is 3.20. The van der Waals surface area contributed by atoms with Gasteiger partial charge in [-0.15, -0.1) is 0 Å². The van der Waals surface area contributed by atoms with Gasteiger partial charge in [-0.25, -0.2) is 4.98 Å². The lowest BCUT2D eigenvalue weighted by Gasteiger charge is -2.08. The lowest BCUT2D eigenvalue weighted by atomic mass is 10.2. The van der Waals surface area contributed by atoms with E-state index in [0.717, 1.165) is 0 Å². The molecule has 0 aliphatic carbocycles. The molecule has 1 N–H and O–H groups in total. The van der Waals surface area contributed by atoms with Crippen molar-refractivity contribution in [2.75, 3.05) is 5.33 Å². The Labute approximate surface area is 82.5 Å². The number of halogens is 3. The Morgan fingerprint density at radius 2 is 2.42 bits per heavy atom. The maximum atomic E-state index is 12.9. The highest BCUT2D eigenvalue weighted by atomic mass is 79.9. The Morgan fingerprint density at radius 3 is 2.92 bits per heavy atom. The molecule has 0 amide bonds. The van der Waals surface area contributed by atoms with E-state index < -0.39 is 12.1 Å². The molecule has 0 aliphatic rings. The molecule has 0 aromatic carbocycles. The topological polar surface area (TPSA) is 33.1 Å². The fourth-order valence-corrected chi connectivity index (χ4v) is 1.38. The molecule has 1 atom stereocenters. The molecule has 1 aromatic heterocycles. The minimum atomic E-state index is -0.953. The van der Waals surface area contributed by atoms with Crippen LogP contribution in [0.1, 0.15) is 11.7 Å². The molecule has 0 aliphatic heterocycles. The molecule has 0 spiro atoms. The van der Waals surface area contributed by atoms with Crippen molar-refractivity contribution >= 4 is 27.5 Å². The summed E-state index contributed by atoms with van der Waals surface area (Å²) in [4.78, 5) is 3.38. The number of rotatable bonds is 2. The lowest BCUT2D eigenvalue weighted by Crippen LogP contribution is -2.04. The number of aliphatic hydroxyl groups is 1. The van der Waals surface area contributed by atoms with Gasteiger partial charge in [0.05, 0.1) is 16.7 Å². The summed E-state index contributed by atoms with van der Waals surface area (Å²) >= 11 is 8.66. The first-order chi connectivity index (χ1) is 5.66. The zero-order valence-electron chi connectivity index (χ0n) is 5.97. The molecule has 0 saturated heterocycles. The largest absolute Gasteiger partial charge is 0.387 e. The summed E-state index contributed by atoms with van der Waals surface area (Å²) in [6.45, 7) is 0. The van der Waals surface area contributed by atoms with Gasteiger partial charge >= 0.3 is 0 Å². The minimum Gasteiger partial charge on any atom is -0.387 e. The Hall–Kier alpha value is -0.190. The van der Waals surface area contributed by atoms with Gasteiger partial charge < -0.3 is 5.11 Å². The number of nitrogens with zero attached hydrogens (tertiary/aromatic N) is 1. The van der Waals surface area contributed by atoms with Crippen LogP contribution in [0.2, 0.25) is 5.02 Å². The molecule has 1 aromatic rings. The Balaban J connectivity index is 3.12. The third-order valence-electron chi connectivity index (χ3n) is 1.37. The van der Waals surface area contributed by atoms with Crippen molar-refractivity contribution in [2.24, 2.45) is 0 Å². The van der Waals surface area contributed by atoms with Gasteiger partial charge in [-0.3, -0.25) is 0 Å². The zero-order valence-corrected chi connectivity index (χ0v) is 8.31. The Morgan fingerprint density at radius 1 is 1.75 bits per heavy atom. The van der Waals surface area contributed by atoms with Crippen molar-refractivity contribution in [3.63, 3.8) is 0 Å². The summed E-state index contributed by atoms with van der Waals surface area (Å²) < 4.78 is 12.9. The van der Waals surface area contributed by atoms with Gasteiger partial charge in [-0.2, -0.15) is 4.39 Å². The van der Waals surface area contributed by atoms with Crippen molar-refractivity contribution in [3.05, 3.63) is 28.8 Å². The van der Waals surface area contributed by atoms with Crippen molar-refractivity contribution in [3.8, 4) is 0 Å². The maximum Gasteiger partial charge on any atom is 0.220 e. The van der Waals surface area contributed by atoms with Gasteiger partial charge in [0.15, 0.2) is 0 Å². The smallest absolute Gasteiger partial charge is 0.220 e. The molecule has 66 valence electrons. The highest BCUT2D eigenvalue weighted by molar-refractivity contribution is 9.09. The number of aliphatic hydroxyl groups excluding tert-OH is 1. The molecule has 2 nitrogen and oxygen atoms in total. The quantitative estimate of drug-likeness (QED) is 0.649. The third-order valence-corrected chi connectivity index (χ3v) is 2.31. The summed E-state index contributed by atoms with van der Waals surface area (Å²) in [5, 5.41) is 9.70. The monoisotopic (exact) mass is 253 g/mol. The van der Waals surface area contributed by atoms with E-state index >= 15 is 0 Å². The van der Waals surface area contributed by atoms with Crippen LogP contribution in [0.15, 0.2) is 12.3 Å². The van der Waals surface area contributed by atoms with Crippen LogP contribution >= 0.6 is 27.5 Å². The van der Waals surface area contributed by atoms with Crippen LogP contribution in [0.25, 0.3) is 0 Å². The highest BCUT2D eigenvalue weighted by Gasteiger charge is 2.15. The van der Waals surface area contributed by atoms with Gasteiger partial charge in [-0.1, -0.05) is 27.5 Å². The van der Waals surface area contributed by atoms with Crippen LogP contribution in [-0.4, -0.2) is 15.4 Å². The Bertz CT molecular complexity index is 264. The number of hydrogen-bond acceptors (Lipinski definition) is 2. The summed E-state index contributed by atoms with van der Waals surface area (Å²) in [5.74, 6) is -0.727. The van der Waals surface area contributed by atoms with E-state index in [2.05, 4.69) is 20.9 Å². The molecular formula is C7H6BrClFNO. The van der Waals surface area contributed by atoms with Crippen molar-refractivity contribution < 1.29 is 9.50 Å². The van der Waals surface area contributed by atoms with E-state index in [1.54, 1.807) is 0 Å². The predicted molar refractivity (Wildman–Crippen MR) is 48.0 cm³/mol. The molecule has 1 heterocycles. The molecule has 12 heavy (non-hydrogen) atoms. The average Bonchev–Trinajstić information content (AvgIpc) is 2.03. The van der Waals surface area contributed by atoms with Crippen molar-refractivity contribution in [1.29, 1.82) is 0 Å². The fraction of sp³-hybridized carbons (Fsp3) is 0.286. The van der Waals surface area contributed by atoms with E-state index in [4.69, 9.17) is 11.6 Å². The second-order valence-electron chi connectivity index (χ2n) is 2.17. The van der Waals surface area contributed by atoms with Crippen molar-refractivity contribution in [1.82, 2.24) is 4.98 Å². The molecule has 1 unspecified atom stereocenters. The van der Waals surface area contributed by atoms with Gasteiger partial charge in [0.25, 0.3) is 0 Å². The summed E-state index contributed by atoms with van der Waals surface area (Å²) in [7, 11) is 0. The molecule has 5 heteroatoms. The molecule has 0 radical (unpaired) electrons. The fourth-order valence-electron chi connectivity index (χ4n) is 0.800. The zero-order chi connectivity index (χ0) is 9.14. The second-order valence-corrected chi connectivity index (χ2v) is 3.22. The van der Waals surface area contributed by atoms with Crippen LogP contribution < -0.4 is 0 Å². The predicted octanol–water partition coefficient (Wildman–Crippen LogP) is 2.30. The minimum absolute atomic E-state index is 0.0380. The number of hydrogen-bond donors (Lipinski definition) is 1. The number of alkyl halides is 1. The van der Waals surface area contributed by atoms with Gasteiger partial charge in [0, 0.05) is 11.5 Å². The molecule has 0 bridgehead atoms. The first kappa shape index (κ1) is 9.89. The molecule has 1 rings (SSSR count). The summed E-state index contributed by atoms with van der Waals surface area (Å²) in [6, 6.07) is 1.44. The van der Waals surface area contributed by atoms with Crippen LogP contribution in [-0.2, 0) is 0 Å². The van der Waals surface area contributed by atoms with E-state index in [-0.39, 0.29) is 15.9 Å². The van der Waals surface area contributed by atoms with E-state index in [1.807, 2.05) is 0 Å². The normalized spacial score (nSPS) is 13.0. The second kappa shape index (κ2) is 4.16. The maximum absolute atomic E-state index is 12.9.